The number of fused-ring (bicyclic) bond motifs is 1. The monoisotopic (exact) mass is 390 g/mol. The zero-order valence-electron chi connectivity index (χ0n) is 16.9. The number of nitrogens with zero attached hydrogens (tertiary/aromatic N) is 2. The van der Waals surface area contributed by atoms with E-state index in [9.17, 15) is 10.1 Å². The molecule has 4 rings (SSSR count). The number of allylic oxidation sites excluding steroid dienone is 3. The van der Waals surface area contributed by atoms with Crippen molar-refractivity contribution in [3.05, 3.63) is 64.8 Å². The van der Waals surface area contributed by atoms with E-state index in [1.165, 1.54) is 0 Å². The highest BCUT2D eigenvalue weighted by molar-refractivity contribution is 6.00. The van der Waals surface area contributed by atoms with Gasteiger partial charge in [0.15, 0.2) is 5.78 Å². The van der Waals surface area contributed by atoms with Gasteiger partial charge in [-0.25, -0.2) is 0 Å². The molecular weight excluding hydrogens is 364 g/mol. The molecule has 0 aromatic carbocycles. The lowest BCUT2D eigenvalue weighted by Gasteiger charge is -2.39. The SMILES string of the molecule is CC1(C)CC(=O)C2=C(C1)NC(COCCN)=C(C#N)C2c1ccc2cccn2c1. The largest absolute Gasteiger partial charge is 0.374 e. The van der Waals surface area contributed by atoms with E-state index >= 15 is 0 Å². The van der Waals surface area contributed by atoms with E-state index in [-0.39, 0.29) is 23.7 Å². The number of Topliss-reactive ketones (excluding diaryl/α,β-unsaturated/α-hetero) is 1. The van der Waals surface area contributed by atoms with Crippen LogP contribution in [0.1, 0.15) is 38.2 Å². The molecule has 2 aromatic rings. The Bertz CT molecular complexity index is 1070. The number of nitrogens with two attached hydrogens (primary N) is 1. The Balaban J connectivity index is 1.85. The summed E-state index contributed by atoms with van der Waals surface area (Å²) >= 11 is 0. The second kappa shape index (κ2) is 7.51. The lowest BCUT2D eigenvalue weighted by atomic mass is 9.69. The van der Waals surface area contributed by atoms with E-state index < -0.39 is 0 Å². The third-order valence-corrected chi connectivity index (χ3v) is 5.63. The molecule has 6 heteroatoms. The van der Waals surface area contributed by atoms with Crippen LogP contribution in [-0.2, 0) is 9.53 Å². The predicted molar refractivity (Wildman–Crippen MR) is 111 cm³/mol. The van der Waals surface area contributed by atoms with Crippen molar-refractivity contribution in [2.24, 2.45) is 11.1 Å². The number of nitriles is 1. The third kappa shape index (κ3) is 3.59. The van der Waals surface area contributed by atoms with Gasteiger partial charge >= 0.3 is 0 Å². The standard InChI is InChI=1S/C23H26N4O2/c1-23(2)10-18-22(20(28)11-23)21(15-5-6-16-4-3-8-27(16)13-15)17(12-25)19(26-18)14-29-9-7-24/h3-6,8,13,21,26H,7,9-11,14,24H2,1-2H3. The van der Waals surface area contributed by atoms with Crippen LogP contribution >= 0.6 is 0 Å². The van der Waals surface area contributed by atoms with Crippen LogP contribution < -0.4 is 11.1 Å². The van der Waals surface area contributed by atoms with Crippen molar-refractivity contribution < 1.29 is 9.53 Å². The molecule has 1 atom stereocenters. The van der Waals surface area contributed by atoms with E-state index in [0.29, 0.717) is 25.1 Å². The molecule has 3 heterocycles. The average Bonchev–Trinajstić information content (AvgIpc) is 3.14. The van der Waals surface area contributed by atoms with Gasteiger partial charge in [0.1, 0.15) is 0 Å². The van der Waals surface area contributed by atoms with Crippen molar-refractivity contribution in [1.82, 2.24) is 9.72 Å². The number of nitrogens with one attached hydrogen (secondary N) is 1. The van der Waals surface area contributed by atoms with Gasteiger partial charge in [-0.05, 0) is 35.6 Å². The highest BCUT2D eigenvalue weighted by atomic mass is 16.5. The molecule has 2 aromatic heterocycles. The molecule has 150 valence electrons. The zero-order chi connectivity index (χ0) is 20.6. The van der Waals surface area contributed by atoms with Crippen LogP contribution in [0.25, 0.3) is 5.52 Å². The first-order valence-corrected chi connectivity index (χ1v) is 9.94. The Hall–Kier alpha value is -2.88. The van der Waals surface area contributed by atoms with Gasteiger partial charge in [0.05, 0.1) is 36.5 Å². The molecule has 0 radical (unpaired) electrons. The molecule has 1 aliphatic heterocycles. The fourth-order valence-corrected chi connectivity index (χ4v) is 4.41. The second-order valence-corrected chi connectivity index (χ2v) is 8.54. The summed E-state index contributed by atoms with van der Waals surface area (Å²) in [7, 11) is 0. The smallest absolute Gasteiger partial charge is 0.162 e. The molecule has 6 nitrogen and oxygen atoms in total. The molecule has 0 saturated heterocycles. The van der Waals surface area contributed by atoms with Crippen molar-refractivity contribution in [3.63, 3.8) is 0 Å². The number of rotatable bonds is 5. The summed E-state index contributed by atoms with van der Waals surface area (Å²) in [6.45, 7) is 5.31. The van der Waals surface area contributed by atoms with Crippen molar-refractivity contribution in [2.75, 3.05) is 19.8 Å². The molecule has 1 aliphatic carbocycles. The Kier molecular flexibility index (Phi) is 5.03. The zero-order valence-corrected chi connectivity index (χ0v) is 16.9. The van der Waals surface area contributed by atoms with Crippen LogP contribution in [0.5, 0.6) is 0 Å². The summed E-state index contributed by atoms with van der Waals surface area (Å²) in [4.78, 5) is 13.2. The minimum absolute atomic E-state index is 0.107. The molecule has 0 amide bonds. The van der Waals surface area contributed by atoms with Crippen LogP contribution in [0, 0.1) is 16.7 Å². The van der Waals surface area contributed by atoms with Gasteiger partial charge in [-0.3, -0.25) is 4.79 Å². The van der Waals surface area contributed by atoms with Crippen molar-refractivity contribution >= 4 is 11.3 Å². The Morgan fingerprint density at radius 1 is 1.34 bits per heavy atom. The van der Waals surface area contributed by atoms with Gasteiger partial charge in [-0.1, -0.05) is 19.9 Å². The molecular formula is C23H26N4O2. The topological polar surface area (TPSA) is 92.5 Å². The molecule has 0 fully saturated rings. The Morgan fingerprint density at radius 3 is 2.93 bits per heavy atom. The van der Waals surface area contributed by atoms with Crippen molar-refractivity contribution in [3.8, 4) is 6.07 Å². The summed E-state index contributed by atoms with van der Waals surface area (Å²) in [6, 6.07) is 10.4. The first kappa shape index (κ1) is 19.4. The number of hydrogen-bond acceptors (Lipinski definition) is 5. The lowest BCUT2D eigenvalue weighted by Crippen LogP contribution is -2.38. The van der Waals surface area contributed by atoms with Gasteiger partial charge in [0.25, 0.3) is 0 Å². The number of ether oxygens (including phenoxy) is 1. The summed E-state index contributed by atoms with van der Waals surface area (Å²) in [5.41, 5.74) is 10.3. The maximum atomic E-state index is 13.2. The van der Waals surface area contributed by atoms with E-state index in [1.54, 1.807) is 0 Å². The molecule has 29 heavy (non-hydrogen) atoms. The number of carbonyl (C=O) groups is 1. The van der Waals surface area contributed by atoms with E-state index in [1.807, 2.05) is 41.1 Å². The minimum Gasteiger partial charge on any atom is -0.374 e. The Morgan fingerprint density at radius 2 is 2.17 bits per heavy atom. The molecule has 0 bridgehead atoms. The maximum Gasteiger partial charge on any atom is 0.162 e. The number of ketones is 1. The lowest BCUT2D eigenvalue weighted by molar-refractivity contribution is -0.118. The van der Waals surface area contributed by atoms with E-state index in [0.717, 1.165) is 34.5 Å². The molecule has 3 N–H and O–H groups in total. The quantitative estimate of drug-likeness (QED) is 0.766. The van der Waals surface area contributed by atoms with Gasteiger partial charge in [0, 0.05) is 42.1 Å². The molecule has 1 unspecified atom stereocenters. The fourth-order valence-electron chi connectivity index (χ4n) is 4.41. The molecule has 0 spiro atoms. The summed E-state index contributed by atoms with van der Waals surface area (Å²) < 4.78 is 7.67. The summed E-state index contributed by atoms with van der Waals surface area (Å²) in [5.74, 6) is -0.279. The van der Waals surface area contributed by atoms with Gasteiger partial charge in [0.2, 0.25) is 0 Å². The average molecular weight is 390 g/mol. The summed E-state index contributed by atoms with van der Waals surface area (Å²) in [6.07, 6.45) is 5.23. The van der Waals surface area contributed by atoms with Crippen LogP contribution in [0.2, 0.25) is 0 Å². The van der Waals surface area contributed by atoms with E-state index in [2.05, 4.69) is 25.2 Å². The first-order chi connectivity index (χ1) is 13.9. The molecule has 2 aliphatic rings. The molecule has 0 saturated carbocycles. The van der Waals surface area contributed by atoms with Crippen LogP contribution in [-0.4, -0.2) is 29.9 Å². The predicted octanol–water partition coefficient (Wildman–Crippen LogP) is 3.02. The Labute approximate surface area is 170 Å². The normalized spacial score (nSPS) is 21.2. The number of aromatic nitrogens is 1. The number of hydrogen-bond donors (Lipinski definition) is 2. The van der Waals surface area contributed by atoms with Crippen LogP contribution in [0.3, 0.4) is 0 Å². The van der Waals surface area contributed by atoms with Gasteiger partial charge in [-0.2, -0.15) is 5.26 Å². The maximum absolute atomic E-state index is 13.2. The minimum atomic E-state index is -0.386. The first-order valence-electron chi connectivity index (χ1n) is 9.94. The fraction of sp³-hybridized carbons (Fsp3) is 0.391. The third-order valence-electron chi connectivity index (χ3n) is 5.63. The highest BCUT2D eigenvalue weighted by Gasteiger charge is 2.41. The van der Waals surface area contributed by atoms with Gasteiger partial charge < -0.3 is 20.2 Å². The number of dihydropyridines is 1. The van der Waals surface area contributed by atoms with Crippen molar-refractivity contribution in [2.45, 2.75) is 32.6 Å². The number of carbonyl (C=O) groups excluding carboxylic acids is 1. The van der Waals surface area contributed by atoms with E-state index in [4.69, 9.17) is 10.5 Å². The van der Waals surface area contributed by atoms with Gasteiger partial charge in [-0.15, -0.1) is 0 Å². The highest BCUT2D eigenvalue weighted by Crippen LogP contribution is 2.46. The summed E-state index contributed by atoms with van der Waals surface area (Å²) in [5, 5.41) is 13.4. The van der Waals surface area contributed by atoms with Crippen molar-refractivity contribution in [1.29, 1.82) is 5.26 Å². The number of pyridine rings is 1. The van der Waals surface area contributed by atoms with Crippen LogP contribution in [0.15, 0.2) is 59.2 Å². The van der Waals surface area contributed by atoms with Crippen LogP contribution in [0.4, 0.5) is 0 Å². The second-order valence-electron chi connectivity index (χ2n) is 8.54.